The maximum Gasteiger partial charge on any atom is 0.417 e. The Balaban J connectivity index is 1.82. The highest BCUT2D eigenvalue weighted by Crippen LogP contribution is 2.40. The van der Waals surface area contributed by atoms with Gasteiger partial charge in [0, 0.05) is 44.0 Å². The van der Waals surface area contributed by atoms with Gasteiger partial charge in [0.2, 0.25) is 5.56 Å². The average Bonchev–Trinajstić information content (AvgIpc) is 2.82. The Bertz CT molecular complexity index is 1250. The average molecular weight is 511 g/mol. The molecule has 1 aliphatic carbocycles. The molecule has 0 unspecified atom stereocenters. The predicted octanol–water partition coefficient (Wildman–Crippen LogP) is 5.02. The molecule has 1 aliphatic heterocycles. The summed E-state index contributed by atoms with van der Waals surface area (Å²) in [6.45, 7) is 3.32. The van der Waals surface area contributed by atoms with Gasteiger partial charge in [-0.2, -0.15) is 13.2 Å². The van der Waals surface area contributed by atoms with E-state index in [1.165, 1.54) is 0 Å². The first-order valence-corrected chi connectivity index (χ1v) is 11.7. The van der Waals surface area contributed by atoms with Crippen LogP contribution in [0.2, 0.25) is 0 Å². The molecule has 1 amide bonds. The molecule has 6 nitrogen and oxygen atoms in total. The van der Waals surface area contributed by atoms with E-state index in [2.05, 4.69) is 15.2 Å². The van der Waals surface area contributed by atoms with Gasteiger partial charge in [0.25, 0.3) is 5.91 Å². The normalized spacial score (nSPS) is 19.2. The molecule has 2 heterocycles. The van der Waals surface area contributed by atoms with Crippen LogP contribution in [0.25, 0.3) is 5.57 Å². The number of aromatic nitrogens is 1. The van der Waals surface area contributed by atoms with E-state index in [1.54, 1.807) is 11.0 Å². The topological polar surface area (TPSA) is 68.4 Å². The van der Waals surface area contributed by atoms with Crippen LogP contribution in [0.1, 0.15) is 54.1 Å². The molecule has 1 aromatic carbocycles. The number of aromatic amines is 1. The monoisotopic (exact) mass is 510 g/mol. The van der Waals surface area contributed by atoms with Crippen molar-refractivity contribution in [3.63, 3.8) is 0 Å². The minimum Gasteiger partial charge on any atom is -0.367 e. The Morgan fingerprint density at radius 3 is 2.56 bits per heavy atom. The number of alkyl halides is 3. The Hall–Kier alpha value is -3.21. The first kappa shape index (κ1) is 25.9. The molecule has 1 aromatic heterocycles. The molecule has 0 spiro atoms. The van der Waals surface area contributed by atoms with E-state index in [-0.39, 0.29) is 29.0 Å². The van der Waals surface area contributed by atoms with Gasteiger partial charge in [-0.25, -0.2) is 8.78 Å². The lowest BCUT2D eigenvalue weighted by molar-refractivity contribution is -0.138. The maximum absolute atomic E-state index is 16.0. The Morgan fingerprint density at radius 1 is 1.17 bits per heavy atom. The van der Waals surface area contributed by atoms with Crippen LogP contribution < -0.4 is 15.8 Å². The van der Waals surface area contributed by atoms with Crippen molar-refractivity contribution in [1.82, 2.24) is 9.88 Å². The van der Waals surface area contributed by atoms with Crippen LogP contribution in [0.3, 0.4) is 0 Å². The number of hydrogen-bond donors (Lipinski definition) is 2. The number of likely N-dealkylation sites (N-methyl/N-ethyl adjacent to an activating group) is 1. The molecular formula is C25H27F5N4O2. The molecule has 1 atom stereocenters. The fourth-order valence-corrected chi connectivity index (χ4v) is 4.68. The standard InChI is InChI=1S/C25H27F5N4O2/c1-14-13-34(9-8-33(14)2)19-11-18(26)21(15-6-4-3-5-7-15)22(27)23(19)32-24(36)16-12-31-20(35)10-17(16)25(28,29)30/h6,10-12,14H,3-5,7-9,13H2,1-2H3,(H,31,35)(H,32,36)/t14-/m0/s1. The van der Waals surface area contributed by atoms with Crippen LogP contribution >= 0.6 is 0 Å². The molecular weight excluding hydrogens is 483 g/mol. The highest BCUT2D eigenvalue weighted by Gasteiger charge is 2.37. The fourth-order valence-electron chi connectivity index (χ4n) is 4.68. The van der Waals surface area contributed by atoms with Crippen LogP contribution in [-0.2, 0) is 6.18 Å². The number of amides is 1. The molecule has 4 rings (SSSR count). The van der Waals surface area contributed by atoms with Crippen LogP contribution in [0.15, 0.2) is 29.2 Å². The molecule has 0 saturated carbocycles. The number of carbonyl (C=O) groups excluding carboxylic acids is 1. The van der Waals surface area contributed by atoms with Gasteiger partial charge < -0.3 is 20.1 Å². The van der Waals surface area contributed by atoms with Gasteiger partial charge in [0.1, 0.15) is 11.5 Å². The Kier molecular flexibility index (Phi) is 7.21. The quantitative estimate of drug-likeness (QED) is 0.567. The van der Waals surface area contributed by atoms with Crippen LogP contribution in [0.4, 0.5) is 33.3 Å². The van der Waals surface area contributed by atoms with Gasteiger partial charge in [-0.3, -0.25) is 9.59 Å². The van der Waals surface area contributed by atoms with Crippen LogP contribution in [0, 0.1) is 11.6 Å². The Labute approximate surface area is 204 Å². The number of hydrogen-bond acceptors (Lipinski definition) is 4. The zero-order valence-corrected chi connectivity index (χ0v) is 19.9. The minimum absolute atomic E-state index is 0.0326. The summed E-state index contributed by atoms with van der Waals surface area (Å²) in [4.78, 5) is 30.4. The first-order chi connectivity index (χ1) is 17.0. The zero-order valence-electron chi connectivity index (χ0n) is 19.9. The number of halogens is 5. The number of benzene rings is 1. The molecule has 2 N–H and O–H groups in total. The van der Waals surface area contributed by atoms with Gasteiger partial charge >= 0.3 is 6.18 Å². The summed E-state index contributed by atoms with van der Waals surface area (Å²) in [5.41, 5.74) is -3.52. The second-order valence-corrected chi connectivity index (χ2v) is 9.27. The first-order valence-electron chi connectivity index (χ1n) is 11.7. The number of nitrogens with zero attached hydrogens (tertiary/aromatic N) is 2. The summed E-state index contributed by atoms with van der Waals surface area (Å²) < 4.78 is 71.9. The number of H-pyrrole nitrogens is 1. The number of anilines is 2. The third-order valence-corrected chi connectivity index (χ3v) is 6.82. The predicted molar refractivity (Wildman–Crippen MR) is 127 cm³/mol. The third-order valence-electron chi connectivity index (χ3n) is 6.82. The summed E-state index contributed by atoms with van der Waals surface area (Å²) in [6.07, 6.45) is 0.138. The Morgan fingerprint density at radius 2 is 1.92 bits per heavy atom. The molecule has 2 aliphatic rings. The number of carbonyl (C=O) groups is 1. The van der Waals surface area contributed by atoms with Crippen molar-refractivity contribution < 1.29 is 26.7 Å². The van der Waals surface area contributed by atoms with Crippen LogP contribution in [0.5, 0.6) is 0 Å². The van der Waals surface area contributed by atoms with Gasteiger partial charge in [-0.05, 0) is 45.2 Å². The van der Waals surface area contributed by atoms with Gasteiger partial charge in [0.15, 0.2) is 5.82 Å². The molecule has 1 fully saturated rings. The molecule has 2 aromatic rings. The number of nitrogens with one attached hydrogen (secondary N) is 2. The van der Waals surface area contributed by atoms with Gasteiger partial charge in [0.05, 0.1) is 22.4 Å². The molecule has 36 heavy (non-hydrogen) atoms. The van der Waals surface area contributed by atoms with E-state index in [4.69, 9.17) is 0 Å². The van der Waals surface area contributed by atoms with Crippen molar-refractivity contribution in [2.75, 3.05) is 36.9 Å². The van der Waals surface area contributed by atoms with E-state index < -0.39 is 40.4 Å². The highest BCUT2D eigenvalue weighted by molar-refractivity contribution is 6.07. The lowest BCUT2D eigenvalue weighted by Crippen LogP contribution is -2.50. The second-order valence-electron chi connectivity index (χ2n) is 9.27. The van der Waals surface area contributed by atoms with E-state index in [0.717, 1.165) is 18.9 Å². The molecule has 194 valence electrons. The van der Waals surface area contributed by atoms with Crippen LogP contribution in [-0.4, -0.2) is 48.5 Å². The smallest absolute Gasteiger partial charge is 0.367 e. The van der Waals surface area contributed by atoms with E-state index in [1.807, 2.05) is 14.0 Å². The zero-order chi connectivity index (χ0) is 26.2. The van der Waals surface area contributed by atoms with E-state index in [9.17, 15) is 22.8 Å². The third kappa shape index (κ3) is 5.16. The molecule has 0 bridgehead atoms. The maximum atomic E-state index is 16.0. The summed E-state index contributed by atoms with van der Waals surface area (Å²) in [5.74, 6) is -3.09. The highest BCUT2D eigenvalue weighted by atomic mass is 19.4. The largest absolute Gasteiger partial charge is 0.417 e. The molecule has 11 heteroatoms. The number of pyridine rings is 1. The fraction of sp³-hybridized carbons (Fsp3) is 0.440. The summed E-state index contributed by atoms with van der Waals surface area (Å²) >= 11 is 0. The van der Waals surface area contributed by atoms with Crippen molar-refractivity contribution in [1.29, 1.82) is 0 Å². The second kappa shape index (κ2) is 10.0. The van der Waals surface area contributed by atoms with Crippen molar-refractivity contribution in [3.05, 3.63) is 63.1 Å². The van der Waals surface area contributed by atoms with E-state index in [0.29, 0.717) is 44.2 Å². The number of allylic oxidation sites excluding steroid dienone is 2. The van der Waals surface area contributed by atoms with Crippen molar-refractivity contribution >= 4 is 22.9 Å². The van der Waals surface area contributed by atoms with E-state index >= 15 is 8.78 Å². The lowest BCUT2D eigenvalue weighted by atomic mass is 9.92. The summed E-state index contributed by atoms with van der Waals surface area (Å²) in [6, 6.07) is 1.45. The summed E-state index contributed by atoms with van der Waals surface area (Å²) in [7, 11) is 1.92. The van der Waals surface area contributed by atoms with Crippen molar-refractivity contribution in [3.8, 4) is 0 Å². The van der Waals surface area contributed by atoms with Crippen molar-refractivity contribution in [2.24, 2.45) is 0 Å². The minimum atomic E-state index is -4.99. The van der Waals surface area contributed by atoms with Gasteiger partial charge in [-0.1, -0.05) is 6.08 Å². The number of rotatable bonds is 4. The SMILES string of the molecule is C[C@H]1CN(c2cc(F)c(C3=CCCCC3)c(F)c2NC(=O)c2c[nH]c(=O)cc2C(F)(F)F)CCN1C. The molecule has 0 radical (unpaired) electrons. The van der Waals surface area contributed by atoms with Crippen molar-refractivity contribution in [2.45, 2.75) is 44.8 Å². The van der Waals surface area contributed by atoms with Gasteiger partial charge in [-0.15, -0.1) is 0 Å². The molecule has 1 saturated heterocycles. The lowest BCUT2D eigenvalue weighted by Gasteiger charge is -2.40. The summed E-state index contributed by atoms with van der Waals surface area (Å²) in [5, 5.41) is 2.27. The number of piperazine rings is 1.